The fourth-order valence-corrected chi connectivity index (χ4v) is 3.46. The Morgan fingerprint density at radius 3 is 2.62 bits per heavy atom. The Bertz CT molecular complexity index is 199. The van der Waals surface area contributed by atoms with Crippen LogP contribution < -0.4 is 5.32 Å². The maximum atomic E-state index is 3.42. The van der Waals surface area contributed by atoms with Crippen LogP contribution in [0, 0.1) is 11.8 Å². The van der Waals surface area contributed by atoms with Crippen molar-refractivity contribution in [1.29, 1.82) is 0 Å². The van der Waals surface area contributed by atoms with E-state index < -0.39 is 0 Å². The predicted octanol–water partition coefficient (Wildman–Crippen LogP) is 2.50. The minimum Gasteiger partial charge on any atom is -0.317 e. The summed E-state index contributed by atoms with van der Waals surface area (Å²) in [7, 11) is 2.10. The predicted molar refractivity (Wildman–Crippen MR) is 69.6 cm³/mol. The second-order valence-corrected chi connectivity index (χ2v) is 5.89. The average Bonchev–Trinajstić information content (AvgIpc) is 2.81. The summed E-state index contributed by atoms with van der Waals surface area (Å²) in [5.41, 5.74) is 0. The smallest absolute Gasteiger partial charge is 0.00762 e. The Morgan fingerprint density at radius 2 is 1.94 bits per heavy atom. The van der Waals surface area contributed by atoms with Crippen LogP contribution >= 0.6 is 0 Å². The molecule has 0 bridgehead atoms. The van der Waals surface area contributed by atoms with Gasteiger partial charge in [-0.25, -0.2) is 0 Å². The average molecular weight is 224 g/mol. The van der Waals surface area contributed by atoms with Crippen LogP contribution in [0.4, 0.5) is 0 Å². The van der Waals surface area contributed by atoms with Crippen molar-refractivity contribution in [3.63, 3.8) is 0 Å². The molecule has 2 unspecified atom stereocenters. The Kier molecular flexibility index (Phi) is 4.66. The van der Waals surface area contributed by atoms with Crippen molar-refractivity contribution in [2.75, 3.05) is 26.7 Å². The molecule has 2 atom stereocenters. The van der Waals surface area contributed by atoms with Crippen LogP contribution in [0.5, 0.6) is 0 Å². The minimum absolute atomic E-state index is 0.686. The molecule has 2 fully saturated rings. The molecular weight excluding hydrogens is 196 g/mol. The molecule has 1 heterocycles. The van der Waals surface area contributed by atoms with Gasteiger partial charge in [-0.1, -0.05) is 12.8 Å². The molecular formula is C14H28N2. The van der Waals surface area contributed by atoms with E-state index in [1.165, 1.54) is 58.2 Å². The molecule has 2 nitrogen and oxygen atoms in total. The molecule has 0 aromatic carbocycles. The van der Waals surface area contributed by atoms with Gasteiger partial charge in [-0.3, -0.25) is 0 Å². The first-order valence-electron chi connectivity index (χ1n) is 7.19. The Labute approximate surface area is 101 Å². The van der Waals surface area contributed by atoms with Crippen LogP contribution in [0.1, 0.15) is 45.4 Å². The summed E-state index contributed by atoms with van der Waals surface area (Å²) in [5.74, 6) is 1.89. The maximum Gasteiger partial charge on any atom is 0.00762 e. The quantitative estimate of drug-likeness (QED) is 0.789. The van der Waals surface area contributed by atoms with Crippen molar-refractivity contribution in [1.82, 2.24) is 10.2 Å². The Balaban J connectivity index is 1.77. The molecule has 1 aliphatic heterocycles. The van der Waals surface area contributed by atoms with Crippen molar-refractivity contribution < 1.29 is 0 Å². The molecule has 1 N–H and O–H groups in total. The summed E-state index contributed by atoms with van der Waals surface area (Å²) >= 11 is 0. The van der Waals surface area contributed by atoms with Crippen LogP contribution in [-0.4, -0.2) is 37.6 Å². The largest absolute Gasteiger partial charge is 0.317 e. The molecule has 1 saturated carbocycles. The van der Waals surface area contributed by atoms with E-state index in [0.29, 0.717) is 6.04 Å². The summed E-state index contributed by atoms with van der Waals surface area (Å²) in [6.45, 7) is 6.40. The standard InChI is InChI=1S/C14H28N2/c1-12(15-2)14-8-5-9-16(11-14)10-13-6-3-4-7-13/h12-15H,3-11H2,1-2H3. The highest BCUT2D eigenvalue weighted by molar-refractivity contribution is 4.81. The van der Waals surface area contributed by atoms with Gasteiger partial charge in [0.15, 0.2) is 0 Å². The van der Waals surface area contributed by atoms with Gasteiger partial charge in [-0.15, -0.1) is 0 Å². The lowest BCUT2D eigenvalue weighted by molar-refractivity contribution is 0.135. The van der Waals surface area contributed by atoms with Crippen molar-refractivity contribution in [3.05, 3.63) is 0 Å². The van der Waals surface area contributed by atoms with Crippen LogP contribution in [0.3, 0.4) is 0 Å². The van der Waals surface area contributed by atoms with Crippen LogP contribution in [0.15, 0.2) is 0 Å². The Morgan fingerprint density at radius 1 is 1.19 bits per heavy atom. The van der Waals surface area contributed by atoms with Gasteiger partial charge in [-0.2, -0.15) is 0 Å². The van der Waals surface area contributed by atoms with Gasteiger partial charge in [-0.05, 0) is 58.0 Å². The number of hydrogen-bond acceptors (Lipinski definition) is 2. The summed E-state index contributed by atoms with van der Waals surface area (Å²) in [6.07, 6.45) is 8.77. The first-order chi connectivity index (χ1) is 7.79. The fraction of sp³-hybridized carbons (Fsp3) is 1.00. The molecule has 0 spiro atoms. The zero-order valence-corrected chi connectivity index (χ0v) is 11.0. The van der Waals surface area contributed by atoms with Crippen LogP contribution in [0.25, 0.3) is 0 Å². The molecule has 0 radical (unpaired) electrons. The summed E-state index contributed by atoms with van der Waals surface area (Å²) in [5, 5.41) is 3.42. The van der Waals surface area contributed by atoms with Crippen molar-refractivity contribution in [2.45, 2.75) is 51.5 Å². The van der Waals surface area contributed by atoms with Crippen molar-refractivity contribution in [2.24, 2.45) is 11.8 Å². The lowest BCUT2D eigenvalue weighted by Crippen LogP contribution is -2.44. The third kappa shape index (κ3) is 3.21. The second kappa shape index (κ2) is 6.02. The number of nitrogens with one attached hydrogen (secondary N) is 1. The van der Waals surface area contributed by atoms with E-state index in [1.807, 2.05) is 0 Å². The van der Waals surface area contributed by atoms with Crippen LogP contribution in [-0.2, 0) is 0 Å². The number of hydrogen-bond donors (Lipinski definition) is 1. The van der Waals surface area contributed by atoms with E-state index in [2.05, 4.69) is 24.2 Å². The highest BCUT2D eigenvalue weighted by Gasteiger charge is 2.26. The van der Waals surface area contributed by atoms with E-state index in [-0.39, 0.29) is 0 Å². The maximum absolute atomic E-state index is 3.42. The normalized spacial score (nSPS) is 30.8. The first-order valence-corrected chi connectivity index (χ1v) is 7.19. The summed E-state index contributed by atoms with van der Waals surface area (Å²) in [6, 6.07) is 0.686. The van der Waals surface area contributed by atoms with Gasteiger partial charge in [0.1, 0.15) is 0 Å². The molecule has 2 aliphatic rings. The zero-order chi connectivity index (χ0) is 11.4. The first kappa shape index (κ1) is 12.4. The second-order valence-electron chi connectivity index (χ2n) is 5.89. The van der Waals surface area contributed by atoms with Gasteiger partial charge in [0.2, 0.25) is 0 Å². The zero-order valence-electron chi connectivity index (χ0n) is 11.0. The number of nitrogens with zero attached hydrogens (tertiary/aromatic N) is 1. The van der Waals surface area contributed by atoms with Crippen LogP contribution in [0.2, 0.25) is 0 Å². The highest BCUT2D eigenvalue weighted by Crippen LogP contribution is 2.27. The summed E-state index contributed by atoms with van der Waals surface area (Å²) in [4.78, 5) is 2.73. The lowest BCUT2D eigenvalue weighted by atomic mass is 9.91. The molecule has 1 saturated heterocycles. The molecule has 1 aliphatic carbocycles. The van der Waals surface area contributed by atoms with E-state index in [9.17, 15) is 0 Å². The van der Waals surface area contributed by atoms with Gasteiger partial charge in [0.25, 0.3) is 0 Å². The molecule has 0 aromatic heterocycles. The molecule has 2 rings (SSSR count). The number of rotatable bonds is 4. The van der Waals surface area contributed by atoms with Gasteiger partial charge >= 0.3 is 0 Å². The summed E-state index contributed by atoms with van der Waals surface area (Å²) < 4.78 is 0. The van der Waals surface area contributed by atoms with E-state index in [1.54, 1.807) is 0 Å². The molecule has 94 valence electrons. The highest BCUT2D eigenvalue weighted by atomic mass is 15.1. The van der Waals surface area contributed by atoms with Crippen molar-refractivity contribution in [3.8, 4) is 0 Å². The lowest BCUT2D eigenvalue weighted by Gasteiger charge is -2.36. The SMILES string of the molecule is CNC(C)C1CCCN(CC2CCCC2)C1. The van der Waals surface area contributed by atoms with E-state index >= 15 is 0 Å². The third-order valence-corrected chi connectivity index (χ3v) is 4.70. The third-order valence-electron chi connectivity index (χ3n) is 4.70. The molecule has 0 amide bonds. The van der Waals surface area contributed by atoms with E-state index in [4.69, 9.17) is 0 Å². The minimum atomic E-state index is 0.686. The molecule has 2 heteroatoms. The van der Waals surface area contributed by atoms with E-state index in [0.717, 1.165) is 11.8 Å². The van der Waals surface area contributed by atoms with Gasteiger partial charge < -0.3 is 10.2 Å². The fourth-order valence-electron chi connectivity index (χ4n) is 3.46. The van der Waals surface area contributed by atoms with Gasteiger partial charge in [0.05, 0.1) is 0 Å². The van der Waals surface area contributed by atoms with Crippen molar-refractivity contribution >= 4 is 0 Å². The molecule has 0 aromatic rings. The monoisotopic (exact) mass is 224 g/mol. The number of piperidine rings is 1. The number of likely N-dealkylation sites (tertiary alicyclic amines) is 1. The van der Waals surface area contributed by atoms with Gasteiger partial charge in [0, 0.05) is 19.1 Å². The topological polar surface area (TPSA) is 15.3 Å². The Hall–Kier alpha value is -0.0800. The molecule has 16 heavy (non-hydrogen) atoms.